The van der Waals surface area contributed by atoms with E-state index in [1.807, 2.05) is 6.07 Å². The first kappa shape index (κ1) is 24.9. The second kappa shape index (κ2) is 10.2. The second-order valence-corrected chi connectivity index (χ2v) is 8.64. The van der Waals surface area contributed by atoms with Crippen molar-refractivity contribution in [3.05, 3.63) is 103 Å². The fraction of sp³-hybridized carbons (Fsp3) is 0.269. The maximum atomic E-state index is 13.9. The molecule has 0 saturated heterocycles. The van der Waals surface area contributed by atoms with Crippen LogP contribution in [0.5, 0.6) is 0 Å². The summed E-state index contributed by atoms with van der Waals surface area (Å²) in [4.78, 5) is 53.0. The van der Waals surface area contributed by atoms with E-state index in [0.717, 1.165) is 35.5 Å². The Labute approximate surface area is 204 Å². The Morgan fingerprint density at radius 3 is 2.53 bits per heavy atom. The van der Waals surface area contributed by atoms with Crippen LogP contribution in [-0.2, 0) is 24.7 Å². The Kier molecular flexibility index (Phi) is 7.05. The van der Waals surface area contributed by atoms with Crippen molar-refractivity contribution < 1.29 is 23.5 Å². The third kappa shape index (κ3) is 4.79. The summed E-state index contributed by atoms with van der Waals surface area (Å²) in [5, 5.41) is 9.72. The lowest BCUT2D eigenvalue weighted by Crippen LogP contribution is -2.41. The van der Waals surface area contributed by atoms with Gasteiger partial charge in [0.15, 0.2) is 0 Å². The molecule has 186 valence electrons. The highest BCUT2D eigenvalue weighted by atomic mass is 19.1. The lowest BCUT2D eigenvalue weighted by atomic mass is 9.82. The lowest BCUT2D eigenvalue weighted by Gasteiger charge is -2.29. The number of halogens is 2. The number of hydrogen-bond donors (Lipinski definition) is 1. The minimum absolute atomic E-state index is 0.0382. The number of carbonyl (C=O) groups is 2. The lowest BCUT2D eigenvalue weighted by molar-refractivity contribution is -0.139. The summed E-state index contributed by atoms with van der Waals surface area (Å²) in [7, 11) is 1.56. The van der Waals surface area contributed by atoms with E-state index >= 15 is 0 Å². The molecule has 1 amide bonds. The predicted octanol–water partition coefficient (Wildman–Crippen LogP) is 2.91. The molecule has 0 aliphatic heterocycles. The van der Waals surface area contributed by atoms with Gasteiger partial charge in [-0.15, -0.1) is 0 Å². The van der Waals surface area contributed by atoms with E-state index in [9.17, 15) is 33.1 Å². The van der Waals surface area contributed by atoms with Crippen molar-refractivity contribution in [2.45, 2.75) is 31.7 Å². The van der Waals surface area contributed by atoms with Crippen molar-refractivity contribution in [1.82, 2.24) is 9.13 Å². The molecular formula is C26H23F2N3O5. The average molecular weight is 495 g/mol. The van der Waals surface area contributed by atoms with Gasteiger partial charge in [0, 0.05) is 25.5 Å². The fourth-order valence-electron chi connectivity index (χ4n) is 4.59. The first-order chi connectivity index (χ1) is 17.2. The Morgan fingerprint density at radius 1 is 1.14 bits per heavy atom. The number of aliphatic imine (C=N–C) groups is 1. The van der Waals surface area contributed by atoms with Gasteiger partial charge in [-0.25, -0.2) is 18.6 Å². The molecule has 4 rings (SSSR count). The molecule has 1 aliphatic rings. The van der Waals surface area contributed by atoms with Gasteiger partial charge in [-0.1, -0.05) is 24.3 Å². The Balaban J connectivity index is 1.66. The zero-order valence-electron chi connectivity index (χ0n) is 19.4. The van der Waals surface area contributed by atoms with Crippen molar-refractivity contribution in [2.24, 2.45) is 18.0 Å². The molecule has 1 N–H and O–H groups in total. The number of carboxylic acids is 1. The second-order valence-electron chi connectivity index (χ2n) is 8.64. The molecule has 3 aromatic rings. The van der Waals surface area contributed by atoms with Crippen LogP contribution in [0.2, 0.25) is 0 Å². The van der Waals surface area contributed by atoms with E-state index in [2.05, 4.69) is 4.99 Å². The third-order valence-electron chi connectivity index (χ3n) is 6.38. The highest BCUT2D eigenvalue weighted by Crippen LogP contribution is 2.34. The molecule has 0 radical (unpaired) electrons. The molecule has 0 saturated carbocycles. The summed E-state index contributed by atoms with van der Waals surface area (Å²) < 4.78 is 30.3. The molecule has 1 aromatic heterocycles. The minimum Gasteiger partial charge on any atom is -0.481 e. The number of fused-ring (bicyclic) bond motifs is 1. The van der Waals surface area contributed by atoms with E-state index in [1.165, 1.54) is 21.4 Å². The Hall–Kier alpha value is -4.21. The van der Waals surface area contributed by atoms with Crippen LogP contribution < -0.4 is 11.2 Å². The number of benzene rings is 2. The summed E-state index contributed by atoms with van der Waals surface area (Å²) >= 11 is 0. The fourth-order valence-corrected chi connectivity index (χ4v) is 4.59. The Bertz CT molecular complexity index is 1470. The van der Waals surface area contributed by atoms with Gasteiger partial charge in [0.1, 0.15) is 17.2 Å². The van der Waals surface area contributed by atoms with Crippen LogP contribution >= 0.6 is 0 Å². The van der Waals surface area contributed by atoms with Crippen molar-refractivity contribution in [1.29, 1.82) is 0 Å². The molecule has 1 aliphatic carbocycles. The highest BCUT2D eigenvalue weighted by Gasteiger charge is 2.28. The SMILES string of the molecule is Cn1ccc(=O)n([C@H]2CCCc3c(CC(C=NC(=O)c4c(F)cccc4F)C(=O)O)cccc32)c1=O. The summed E-state index contributed by atoms with van der Waals surface area (Å²) in [5.74, 6) is -5.91. The van der Waals surface area contributed by atoms with E-state index in [4.69, 9.17) is 0 Å². The number of aliphatic carboxylic acids is 1. The first-order valence-electron chi connectivity index (χ1n) is 11.3. The predicted molar refractivity (Wildman–Crippen MR) is 127 cm³/mol. The van der Waals surface area contributed by atoms with Crippen LogP contribution in [0.25, 0.3) is 0 Å². The summed E-state index contributed by atoms with van der Waals surface area (Å²) in [6, 6.07) is 9.05. The van der Waals surface area contributed by atoms with Crippen molar-refractivity contribution in [3.63, 3.8) is 0 Å². The molecule has 1 heterocycles. The summed E-state index contributed by atoms with van der Waals surface area (Å²) in [5.41, 5.74) is 0.539. The zero-order chi connectivity index (χ0) is 26.0. The van der Waals surface area contributed by atoms with Gasteiger partial charge >= 0.3 is 11.7 Å². The van der Waals surface area contributed by atoms with Crippen molar-refractivity contribution >= 4 is 18.1 Å². The largest absolute Gasteiger partial charge is 0.481 e. The van der Waals surface area contributed by atoms with Crippen LogP contribution in [-0.4, -0.2) is 32.3 Å². The first-order valence-corrected chi connectivity index (χ1v) is 11.3. The van der Waals surface area contributed by atoms with E-state index in [-0.39, 0.29) is 6.42 Å². The smallest absolute Gasteiger partial charge is 0.331 e. The number of rotatable bonds is 6. The van der Waals surface area contributed by atoms with Gasteiger partial charge in [0.05, 0.1) is 12.0 Å². The van der Waals surface area contributed by atoms with E-state index in [1.54, 1.807) is 19.2 Å². The van der Waals surface area contributed by atoms with Crippen LogP contribution in [0.4, 0.5) is 8.78 Å². The topological polar surface area (TPSA) is 111 Å². The van der Waals surface area contributed by atoms with Crippen molar-refractivity contribution in [2.75, 3.05) is 0 Å². The minimum atomic E-state index is -1.27. The van der Waals surface area contributed by atoms with Gasteiger partial charge in [0.2, 0.25) is 0 Å². The summed E-state index contributed by atoms with van der Waals surface area (Å²) in [6.45, 7) is 0. The van der Waals surface area contributed by atoms with Gasteiger partial charge in [-0.3, -0.25) is 19.0 Å². The molecule has 0 bridgehead atoms. The maximum Gasteiger partial charge on any atom is 0.331 e. The van der Waals surface area contributed by atoms with Crippen LogP contribution in [0, 0.1) is 17.6 Å². The van der Waals surface area contributed by atoms with E-state index in [0.29, 0.717) is 24.8 Å². The average Bonchev–Trinajstić information content (AvgIpc) is 2.84. The van der Waals surface area contributed by atoms with Crippen LogP contribution in [0.15, 0.2) is 63.2 Å². The van der Waals surface area contributed by atoms with Crippen LogP contribution in [0.3, 0.4) is 0 Å². The number of amides is 1. The molecule has 2 aromatic carbocycles. The van der Waals surface area contributed by atoms with Gasteiger partial charge in [-0.05, 0) is 54.5 Å². The molecule has 10 heteroatoms. The molecule has 0 fully saturated rings. The molecule has 0 spiro atoms. The zero-order valence-corrected chi connectivity index (χ0v) is 19.4. The number of aromatic nitrogens is 2. The highest BCUT2D eigenvalue weighted by molar-refractivity contribution is 6.02. The number of nitrogens with zero attached hydrogens (tertiary/aromatic N) is 3. The molecule has 2 atom stereocenters. The standard InChI is InChI=1S/C26H23F2N3O5/c1-30-12-11-22(32)31(26(30)36)21-10-3-6-17-15(5-2-7-18(17)21)13-16(25(34)35)14-29-24(33)23-19(27)8-4-9-20(23)28/h2,4-5,7-9,11-12,14,16,21H,3,6,10,13H2,1H3,(H,34,35)/t16?,21-/m0/s1. The van der Waals surface area contributed by atoms with Gasteiger partial charge in [-0.2, -0.15) is 0 Å². The number of hydrogen-bond acceptors (Lipinski definition) is 4. The van der Waals surface area contributed by atoms with Gasteiger partial charge in [0.25, 0.3) is 11.5 Å². The number of aryl methyl sites for hydroxylation is 1. The van der Waals surface area contributed by atoms with Gasteiger partial charge < -0.3 is 9.67 Å². The van der Waals surface area contributed by atoms with Crippen LogP contribution in [0.1, 0.15) is 45.9 Å². The molecule has 36 heavy (non-hydrogen) atoms. The molecule has 1 unspecified atom stereocenters. The maximum absolute atomic E-state index is 13.9. The quantitative estimate of drug-likeness (QED) is 0.529. The monoisotopic (exact) mass is 495 g/mol. The Morgan fingerprint density at radius 2 is 1.83 bits per heavy atom. The van der Waals surface area contributed by atoms with E-state index < -0.39 is 52.3 Å². The van der Waals surface area contributed by atoms with Crippen molar-refractivity contribution in [3.8, 4) is 0 Å². The molecular weight excluding hydrogens is 472 g/mol. The summed E-state index contributed by atoms with van der Waals surface area (Å²) in [6.07, 6.45) is 4.12. The number of carbonyl (C=O) groups excluding carboxylic acids is 1. The number of carboxylic acid groups (broad SMARTS) is 1. The normalized spacial score (nSPS) is 16.0. The third-order valence-corrected chi connectivity index (χ3v) is 6.38. The molecule has 8 nitrogen and oxygen atoms in total.